The molecule has 0 atom stereocenters. The number of aliphatic carboxylic acids is 1. The van der Waals surface area contributed by atoms with Gasteiger partial charge in [-0.15, -0.1) is 0 Å². The van der Waals surface area contributed by atoms with Crippen LogP contribution in [0.2, 0.25) is 0 Å². The molecule has 17 heavy (non-hydrogen) atoms. The van der Waals surface area contributed by atoms with E-state index in [0.29, 0.717) is 24.3 Å². The van der Waals surface area contributed by atoms with Crippen molar-refractivity contribution in [2.75, 3.05) is 0 Å². The van der Waals surface area contributed by atoms with Gasteiger partial charge in [0.1, 0.15) is 5.76 Å². The van der Waals surface area contributed by atoms with Crippen molar-refractivity contribution in [3.63, 3.8) is 0 Å². The van der Waals surface area contributed by atoms with Crippen LogP contribution in [0, 0.1) is 13.8 Å². The van der Waals surface area contributed by atoms with Crippen LogP contribution in [0.3, 0.4) is 0 Å². The van der Waals surface area contributed by atoms with Gasteiger partial charge in [0.25, 0.3) is 0 Å². The maximum absolute atomic E-state index is 11.7. The van der Waals surface area contributed by atoms with Gasteiger partial charge in [-0.25, -0.2) is 0 Å². The van der Waals surface area contributed by atoms with Gasteiger partial charge in [-0.05, 0) is 39.5 Å². The minimum Gasteiger partial charge on any atom is -0.481 e. The zero-order valence-electron chi connectivity index (χ0n) is 10.2. The van der Waals surface area contributed by atoms with Crippen LogP contribution in [0.1, 0.15) is 42.7 Å². The molecule has 0 bridgehead atoms. The summed E-state index contributed by atoms with van der Waals surface area (Å²) in [5.74, 6) is -0.181. The lowest BCUT2D eigenvalue weighted by Gasteiger charge is -2.35. The average molecular weight is 238 g/mol. The highest BCUT2D eigenvalue weighted by atomic mass is 16.5. The molecule has 0 aliphatic heterocycles. The predicted octanol–water partition coefficient (Wildman–Crippen LogP) is 1.52. The van der Waals surface area contributed by atoms with Gasteiger partial charge in [0.15, 0.2) is 0 Å². The Morgan fingerprint density at radius 1 is 1.47 bits per heavy atom. The van der Waals surface area contributed by atoms with E-state index in [2.05, 4.69) is 5.16 Å². The standard InChI is InChI=1S/C12H18N2O3/c1-7-10(8(2)17-14-7)12(11(15)16)5-3-9(13)4-6-12/h9H,3-6,13H2,1-2H3,(H,15,16). The number of hydrogen-bond donors (Lipinski definition) is 2. The molecule has 1 aromatic heterocycles. The fraction of sp³-hybridized carbons (Fsp3) is 0.667. The van der Waals surface area contributed by atoms with Crippen molar-refractivity contribution in [1.82, 2.24) is 5.16 Å². The molecule has 0 radical (unpaired) electrons. The Bertz CT molecular complexity index is 411. The lowest BCUT2D eigenvalue weighted by atomic mass is 9.67. The number of rotatable bonds is 2. The molecule has 0 amide bonds. The summed E-state index contributed by atoms with van der Waals surface area (Å²) in [5, 5.41) is 13.5. The van der Waals surface area contributed by atoms with Crippen LogP contribution in [0.15, 0.2) is 4.52 Å². The van der Waals surface area contributed by atoms with E-state index in [1.165, 1.54) is 0 Å². The van der Waals surface area contributed by atoms with Crippen LogP contribution in [0.25, 0.3) is 0 Å². The highest BCUT2D eigenvalue weighted by molar-refractivity contribution is 5.82. The summed E-state index contributed by atoms with van der Waals surface area (Å²) in [5.41, 5.74) is 6.42. The second kappa shape index (κ2) is 4.14. The SMILES string of the molecule is Cc1noc(C)c1C1(C(=O)O)CCC(N)CC1. The van der Waals surface area contributed by atoms with Gasteiger partial charge in [0, 0.05) is 11.6 Å². The molecule has 3 N–H and O–H groups in total. The van der Waals surface area contributed by atoms with Gasteiger partial charge in [0.2, 0.25) is 0 Å². The van der Waals surface area contributed by atoms with E-state index in [1.54, 1.807) is 13.8 Å². The monoisotopic (exact) mass is 238 g/mol. The first-order chi connectivity index (χ1) is 7.97. The summed E-state index contributed by atoms with van der Waals surface area (Å²) < 4.78 is 5.11. The quantitative estimate of drug-likeness (QED) is 0.815. The normalized spacial score (nSPS) is 29.2. The molecule has 0 saturated heterocycles. The smallest absolute Gasteiger partial charge is 0.314 e. The minimum absolute atomic E-state index is 0.114. The second-order valence-corrected chi connectivity index (χ2v) is 4.92. The number of hydrogen-bond acceptors (Lipinski definition) is 4. The Labute approximate surface area is 100.0 Å². The molecule has 1 fully saturated rings. The summed E-state index contributed by atoms with van der Waals surface area (Å²) in [6.45, 7) is 3.57. The van der Waals surface area contributed by atoms with Gasteiger partial charge in [-0.3, -0.25) is 4.79 Å². The molecular formula is C12H18N2O3. The minimum atomic E-state index is -0.857. The largest absolute Gasteiger partial charge is 0.481 e. The molecule has 0 aromatic carbocycles. The van der Waals surface area contributed by atoms with Crippen LogP contribution in [0.4, 0.5) is 0 Å². The molecule has 1 saturated carbocycles. The van der Waals surface area contributed by atoms with Crippen molar-refractivity contribution < 1.29 is 14.4 Å². The fourth-order valence-corrected chi connectivity index (χ4v) is 2.87. The molecule has 0 spiro atoms. The number of aryl methyl sites for hydroxylation is 2. The first-order valence-electron chi connectivity index (χ1n) is 5.89. The third-order valence-electron chi connectivity index (χ3n) is 3.81. The molecule has 1 aliphatic rings. The predicted molar refractivity (Wildman–Crippen MR) is 61.7 cm³/mol. The van der Waals surface area contributed by atoms with Gasteiger partial charge in [-0.1, -0.05) is 5.16 Å². The topological polar surface area (TPSA) is 89.3 Å². The summed E-state index contributed by atoms with van der Waals surface area (Å²) in [6.07, 6.45) is 2.59. The first-order valence-corrected chi connectivity index (χ1v) is 5.89. The fourth-order valence-electron chi connectivity index (χ4n) is 2.87. The Hall–Kier alpha value is -1.36. The second-order valence-electron chi connectivity index (χ2n) is 4.92. The van der Waals surface area contributed by atoms with E-state index in [-0.39, 0.29) is 6.04 Å². The van der Waals surface area contributed by atoms with Crippen LogP contribution in [-0.2, 0) is 10.2 Å². The molecule has 5 nitrogen and oxygen atoms in total. The van der Waals surface area contributed by atoms with Crippen molar-refractivity contribution in [2.24, 2.45) is 5.73 Å². The third kappa shape index (κ3) is 1.84. The number of nitrogens with zero attached hydrogens (tertiary/aromatic N) is 1. The summed E-state index contributed by atoms with van der Waals surface area (Å²) in [6, 6.07) is 0.114. The van der Waals surface area contributed by atoms with Crippen LogP contribution in [-0.4, -0.2) is 22.3 Å². The van der Waals surface area contributed by atoms with Gasteiger partial charge < -0.3 is 15.4 Å². The molecule has 1 aliphatic carbocycles. The van der Waals surface area contributed by atoms with Gasteiger partial charge >= 0.3 is 5.97 Å². The maximum atomic E-state index is 11.7. The van der Waals surface area contributed by atoms with E-state index in [1.807, 2.05) is 0 Å². The Kier molecular flexibility index (Phi) is 2.95. The Morgan fingerprint density at radius 3 is 2.47 bits per heavy atom. The molecule has 2 rings (SSSR count). The van der Waals surface area contributed by atoms with E-state index in [9.17, 15) is 9.90 Å². The number of nitrogens with two attached hydrogens (primary N) is 1. The first kappa shape index (κ1) is 12.1. The summed E-state index contributed by atoms with van der Waals surface area (Å²) >= 11 is 0. The molecule has 0 unspecified atom stereocenters. The summed E-state index contributed by atoms with van der Waals surface area (Å²) in [4.78, 5) is 11.7. The van der Waals surface area contributed by atoms with E-state index < -0.39 is 11.4 Å². The van der Waals surface area contributed by atoms with Crippen molar-refractivity contribution in [1.29, 1.82) is 0 Å². The van der Waals surface area contributed by atoms with Crippen LogP contribution < -0.4 is 5.73 Å². The van der Waals surface area contributed by atoms with Crippen molar-refractivity contribution in [3.05, 3.63) is 17.0 Å². The number of carboxylic acid groups (broad SMARTS) is 1. The van der Waals surface area contributed by atoms with E-state index in [0.717, 1.165) is 18.4 Å². The zero-order valence-corrected chi connectivity index (χ0v) is 10.2. The van der Waals surface area contributed by atoms with Crippen molar-refractivity contribution in [2.45, 2.75) is 51.0 Å². The number of aromatic nitrogens is 1. The third-order valence-corrected chi connectivity index (χ3v) is 3.81. The Balaban J connectivity index is 2.46. The van der Waals surface area contributed by atoms with Gasteiger partial charge in [-0.2, -0.15) is 0 Å². The molecule has 5 heteroatoms. The maximum Gasteiger partial charge on any atom is 0.314 e. The van der Waals surface area contributed by atoms with Crippen molar-refractivity contribution in [3.8, 4) is 0 Å². The highest BCUT2D eigenvalue weighted by Crippen LogP contribution is 2.42. The number of carbonyl (C=O) groups is 1. The van der Waals surface area contributed by atoms with Crippen LogP contribution >= 0.6 is 0 Å². The molecule has 1 heterocycles. The molecule has 1 aromatic rings. The lowest BCUT2D eigenvalue weighted by molar-refractivity contribution is -0.145. The van der Waals surface area contributed by atoms with Crippen molar-refractivity contribution >= 4 is 5.97 Å². The van der Waals surface area contributed by atoms with E-state index >= 15 is 0 Å². The Morgan fingerprint density at radius 2 is 2.06 bits per heavy atom. The number of carboxylic acids is 1. The van der Waals surface area contributed by atoms with Crippen LogP contribution in [0.5, 0.6) is 0 Å². The highest BCUT2D eigenvalue weighted by Gasteiger charge is 2.46. The average Bonchev–Trinajstić information content (AvgIpc) is 2.61. The van der Waals surface area contributed by atoms with Gasteiger partial charge in [0.05, 0.1) is 11.1 Å². The summed E-state index contributed by atoms with van der Waals surface area (Å²) in [7, 11) is 0. The lowest BCUT2D eigenvalue weighted by Crippen LogP contribution is -2.43. The zero-order chi connectivity index (χ0) is 12.6. The molecular weight excluding hydrogens is 220 g/mol. The van der Waals surface area contributed by atoms with E-state index in [4.69, 9.17) is 10.3 Å². The molecule has 94 valence electrons.